The van der Waals surface area contributed by atoms with E-state index in [2.05, 4.69) is 23.8 Å². The van der Waals surface area contributed by atoms with E-state index >= 15 is 0 Å². The van der Waals surface area contributed by atoms with E-state index in [-0.39, 0.29) is 0 Å². The third kappa shape index (κ3) is 2.89. The highest BCUT2D eigenvalue weighted by molar-refractivity contribution is 7.99. The van der Waals surface area contributed by atoms with E-state index in [1.165, 1.54) is 0 Å². The van der Waals surface area contributed by atoms with Crippen molar-refractivity contribution in [3.8, 4) is 0 Å². The molecule has 0 atom stereocenters. The lowest BCUT2D eigenvalue weighted by Crippen LogP contribution is -1.91. The molecular weight excluding hydrogens is 156 g/mol. The maximum absolute atomic E-state index is 4.27. The van der Waals surface area contributed by atoms with Gasteiger partial charge in [-0.25, -0.2) is 9.97 Å². The number of hydrogen-bond acceptors (Lipinski definition) is 3. The molecule has 0 saturated carbocycles. The summed E-state index contributed by atoms with van der Waals surface area (Å²) in [5.74, 6) is 0.843. The van der Waals surface area contributed by atoms with Crippen LogP contribution in [0.1, 0.15) is 19.7 Å². The number of hydrogen-bond donors (Lipinski definition) is 0. The van der Waals surface area contributed by atoms with Crippen molar-refractivity contribution < 1.29 is 0 Å². The van der Waals surface area contributed by atoms with Gasteiger partial charge in [-0.1, -0.05) is 13.8 Å². The van der Waals surface area contributed by atoms with E-state index in [4.69, 9.17) is 0 Å². The Bertz CT molecular complexity index is 235. The summed E-state index contributed by atoms with van der Waals surface area (Å²) in [6, 6.07) is 1.94. The second-order valence-corrected chi connectivity index (χ2v) is 4.21. The summed E-state index contributed by atoms with van der Waals surface area (Å²) in [5.41, 5.74) is 0. The highest BCUT2D eigenvalue weighted by Crippen LogP contribution is 2.19. The van der Waals surface area contributed by atoms with Gasteiger partial charge in [-0.15, -0.1) is 11.8 Å². The van der Waals surface area contributed by atoms with Gasteiger partial charge in [0.1, 0.15) is 5.82 Å². The van der Waals surface area contributed by atoms with Gasteiger partial charge >= 0.3 is 0 Å². The fourth-order valence-corrected chi connectivity index (χ4v) is 1.55. The molecule has 0 N–H and O–H groups in total. The first kappa shape index (κ1) is 8.53. The summed E-state index contributed by atoms with van der Waals surface area (Å²) in [7, 11) is 0. The highest BCUT2D eigenvalue weighted by atomic mass is 32.2. The van der Waals surface area contributed by atoms with E-state index in [1.54, 1.807) is 18.0 Å². The zero-order valence-corrected chi connectivity index (χ0v) is 7.85. The van der Waals surface area contributed by atoms with Crippen LogP contribution in [0.4, 0.5) is 0 Å². The molecule has 0 bridgehead atoms. The molecule has 0 aliphatic carbocycles. The monoisotopic (exact) mass is 168 g/mol. The SMILES string of the molecule is Cc1nccc(SC(C)C)n1. The van der Waals surface area contributed by atoms with Crippen LogP contribution in [-0.2, 0) is 0 Å². The van der Waals surface area contributed by atoms with Crippen LogP contribution in [0.25, 0.3) is 0 Å². The van der Waals surface area contributed by atoms with Gasteiger partial charge in [0.25, 0.3) is 0 Å². The summed E-state index contributed by atoms with van der Waals surface area (Å²) >= 11 is 1.76. The van der Waals surface area contributed by atoms with Gasteiger partial charge in [-0.05, 0) is 13.0 Å². The number of aromatic nitrogens is 2. The van der Waals surface area contributed by atoms with Crippen molar-refractivity contribution in [2.45, 2.75) is 31.0 Å². The highest BCUT2D eigenvalue weighted by Gasteiger charge is 1.98. The van der Waals surface area contributed by atoms with Gasteiger partial charge in [-0.2, -0.15) is 0 Å². The Hall–Kier alpha value is -0.570. The summed E-state index contributed by atoms with van der Waals surface area (Å²) in [4.78, 5) is 8.29. The number of rotatable bonds is 2. The predicted octanol–water partition coefficient (Wildman–Crippen LogP) is 2.29. The first-order chi connectivity index (χ1) is 5.18. The lowest BCUT2D eigenvalue weighted by Gasteiger charge is -2.02. The molecule has 0 unspecified atom stereocenters. The van der Waals surface area contributed by atoms with Gasteiger partial charge in [-0.3, -0.25) is 0 Å². The smallest absolute Gasteiger partial charge is 0.126 e. The van der Waals surface area contributed by atoms with Crippen LogP contribution in [0.3, 0.4) is 0 Å². The summed E-state index contributed by atoms with van der Waals surface area (Å²) in [6.45, 7) is 6.22. The van der Waals surface area contributed by atoms with Crippen molar-refractivity contribution in [1.29, 1.82) is 0 Å². The standard InChI is InChI=1S/C8H12N2S/c1-6(2)11-8-4-5-9-7(3)10-8/h4-6H,1-3H3. The quantitative estimate of drug-likeness (QED) is 0.500. The minimum Gasteiger partial charge on any atom is -0.242 e. The first-order valence-corrected chi connectivity index (χ1v) is 4.53. The molecule has 0 aliphatic heterocycles. The van der Waals surface area contributed by atoms with E-state index in [0.29, 0.717) is 5.25 Å². The van der Waals surface area contributed by atoms with E-state index in [1.807, 2.05) is 13.0 Å². The zero-order chi connectivity index (χ0) is 8.27. The Morgan fingerprint density at radius 3 is 2.73 bits per heavy atom. The Kier molecular flexibility index (Phi) is 2.88. The van der Waals surface area contributed by atoms with Crippen molar-refractivity contribution in [3.05, 3.63) is 18.1 Å². The molecular formula is C8H12N2S. The fourth-order valence-electron chi connectivity index (χ4n) is 0.742. The van der Waals surface area contributed by atoms with Crippen molar-refractivity contribution in [1.82, 2.24) is 9.97 Å². The average Bonchev–Trinajstić information content (AvgIpc) is 1.85. The fraction of sp³-hybridized carbons (Fsp3) is 0.500. The predicted molar refractivity (Wildman–Crippen MR) is 47.8 cm³/mol. The normalized spacial score (nSPS) is 10.5. The van der Waals surface area contributed by atoms with Crippen molar-refractivity contribution in [2.75, 3.05) is 0 Å². The van der Waals surface area contributed by atoms with Gasteiger partial charge in [0.2, 0.25) is 0 Å². The van der Waals surface area contributed by atoms with E-state index < -0.39 is 0 Å². The molecule has 0 radical (unpaired) electrons. The third-order valence-corrected chi connectivity index (χ3v) is 2.05. The minimum atomic E-state index is 0.587. The second kappa shape index (κ2) is 3.72. The van der Waals surface area contributed by atoms with Crippen LogP contribution in [0.5, 0.6) is 0 Å². The molecule has 0 aromatic carbocycles. The van der Waals surface area contributed by atoms with Gasteiger partial charge in [0.15, 0.2) is 0 Å². The molecule has 1 aromatic rings. The Morgan fingerprint density at radius 1 is 1.45 bits per heavy atom. The van der Waals surface area contributed by atoms with E-state index in [0.717, 1.165) is 10.9 Å². The number of nitrogens with zero attached hydrogens (tertiary/aromatic N) is 2. The van der Waals surface area contributed by atoms with Crippen LogP contribution in [-0.4, -0.2) is 15.2 Å². The molecule has 2 nitrogen and oxygen atoms in total. The molecule has 0 saturated heterocycles. The third-order valence-electron chi connectivity index (χ3n) is 1.11. The van der Waals surface area contributed by atoms with Crippen LogP contribution in [0.15, 0.2) is 17.3 Å². The number of thioether (sulfide) groups is 1. The molecule has 11 heavy (non-hydrogen) atoms. The second-order valence-electron chi connectivity index (χ2n) is 2.61. The van der Waals surface area contributed by atoms with Gasteiger partial charge in [0, 0.05) is 11.4 Å². The zero-order valence-electron chi connectivity index (χ0n) is 7.03. The topological polar surface area (TPSA) is 25.8 Å². The maximum Gasteiger partial charge on any atom is 0.126 e. The molecule has 60 valence electrons. The van der Waals surface area contributed by atoms with Crippen LogP contribution < -0.4 is 0 Å². The lowest BCUT2D eigenvalue weighted by atomic mass is 10.6. The summed E-state index contributed by atoms with van der Waals surface area (Å²) in [6.07, 6.45) is 1.80. The van der Waals surface area contributed by atoms with Crippen LogP contribution >= 0.6 is 11.8 Å². The molecule has 0 amide bonds. The van der Waals surface area contributed by atoms with Crippen LogP contribution in [0, 0.1) is 6.92 Å². The van der Waals surface area contributed by atoms with Crippen molar-refractivity contribution in [3.63, 3.8) is 0 Å². The molecule has 0 spiro atoms. The maximum atomic E-state index is 4.27. The molecule has 3 heteroatoms. The van der Waals surface area contributed by atoms with Crippen molar-refractivity contribution >= 4 is 11.8 Å². The molecule has 1 rings (SSSR count). The number of aryl methyl sites for hydroxylation is 1. The summed E-state index contributed by atoms with van der Waals surface area (Å²) < 4.78 is 0. The Morgan fingerprint density at radius 2 is 2.18 bits per heavy atom. The van der Waals surface area contributed by atoms with Gasteiger partial charge < -0.3 is 0 Å². The van der Waals surface area contributed by atoms with E-state index in [9.17, 15) is 0 Å². The Labute approximate surface area is 71.5 Å². The Balaban J connectivity index is 2.71. The molecule has 0 aliphatic rings. The molecule has 0 fully saturated rings. The molecule has 1 aromatic heterocycles. The largest absolute Gasteiger partial charge is 0.242 e. The first-order valence-electron chi connectivity index (χ1n) is 3.65. The molecule has 1 heterocycles. The average molecular weight is 168 g/mol. The van der Waals surface area contributed by atoms with Gasteiger partial charge in [0.05, 0.1) is 5.03 Å². The van der Waals surface area contributed by atoms with Crippen molar-refractivity contribution in [2.24, 2.45) is 0 Å². The van der Waals surface area contributed by atoms with Crippen LogP contribution in [0.2, 0.25) is 0 Å². The summed E-state index contributed by atoms with van der Waals surface area (Å²) in [5, 5.41) is 1.65. The lowest BCUT2D eigenvalue weighted by molar-refractivity contribution is 0.960. The minimum absolute atomic E-state index is 0.587.